The van der Waals surface area contributed by atoms with Crippen molar-refractivity contribution < 1.29 is 0 Å². The summed E-state index contributed by atoms with van der Waals surface area (Å²) in [5.74, 6) is 1.69. The molecule has 1 saturated carbocycles. The van der Waals surface area contributed by atoms with Gasteiger partial charge in [-0.15, -0.1) is 0 Å². The Bertz CT molecular complexity index is 207. The Morgan fingerprint density at radius 3 is 2.29 bits per heavy atom. The summed E-state index contributed by atoms with van der Waals surface area (Å²) in [5, 5.41) is 0. The quantitative estimate of drug-likeness (QED) is 0.772. The normalized spacial score (nSPS) is 31.8. The van der Waals surface area contributed by atoms with E-state index < -0.39 is 0 Å². The first-order valence-electron chi connectivity index (χ1n) is 7.53. The number of rotatable bonds is 6. The van der Waals surface area contributed by atoms with Gasteiger partial charge < -0.3 is 5.73 Å². The van der Waals surface area contributed by atoms with E-state index >= 15 is 0 Å². The van der Waals surface area contributed by atoms with E-state index in [1.807, 2.05) is 0 Å². The lowest BCUT2D eigenvalue weighted by molar-refractivity contribution is 0.0375. The van der Waals surface area contributed by atoms with Gasteiger partial charge in [-0.2, -0.15) is 0 Å². The monoisotopic (exact) mass is 240 g/mol. The average molecular weight is 240 g/mol. The van der Waals surface area contributed by atoms with Crippen molar-refractivity contribution in [1.29, 1.82) is 0 Å². The van der Waals surface area contributed by atoms with E-state index in [0.717, 1.165) is 24.9 Å². The lowest BCUT2D eigenvalue weighted by atomic mass is 9.75. The van der Waals surface area contributed by atoms with Crippen LogP contribution >= 0.6 is 0 Å². The first-order valence-corrected chi connectivity index (χ1v) is 7.53. The molecule has 0 amide bonds. The van der Waals surface area contributed by atoms with Crippen molar-refractivity contribution in [3.63, 3.8) is 0 Å². The van der Waals surface area contributed by atoms with E-state index in [0.29, 0.717) is 5.54 Å². The molecular formula is C15H32N2. The Balaban J connectivity index is 2.68. The fraction of sp³-hybridized carbons (Fsp3) is 1.00. The second-order valence-corrected chi connectivity index (χ2v) is 6.16. The molecule has 0 heterocycles. The van der Waals surface area contributed by atoms with Crippen molar-refractivity contribution in [1.82, 2.24) is 4.90 Å². The summed E-state index contributed by atoms with van der Waals surface area (Å²) in [4.78, 5) is 2.67. The molecule has 1 aliphatic rings. The van der Waals surface area contributed by atoms with Gasteiger partial charge in [-0.1, -0.05) is 34.1 Å². The van der Waals surface area contributed by atoms with Gasteiger partial charge in [-0.05, 0) is 44.1 Å². The van der Waals surface area contributed by atoms with Gasteiger partial charge in [0.05, 0.1) is 0 Å². The number of hydrogen-bond donors (Lipinski definition) is 1. The van der Waals surface area contributed by atoms with E-state index in [2.05, 4.69) is 32.6 Å². The predicted molar refractivity (Wildman–Crippen MR) is 76.1 cm³/mol. The van der Waals surface area contributed by atoms with Gasteiger partial charge in [0.15, 0.2) is 0 Å². The molecule has 2 heteroatoms. The molecule has 0 aromatic rings. The molecule has 2 nitrogen and oxygen atoms in total. The SMILES string of the molecule is CCC(C)CN(CC)C1(CN)CCC(C)CC1. The van der Waals surface area contributed by atoms with Crippen molar-refractivity contribution in [3.05, 3.63) is 0 Å². The van der Waals surface area contributed by atoms with Crippen molar-refractivity contribution in [3.8, 4) is 0 Å². The van der Waals surface area contributed by atoms with Crippen LogP contribution in [-0.2, 0) is 0 Å². The minimum absolute atomic E-state index is 0.310. The van der Waals surface area contributed by atoms with Crippen molar-refractivity contribution in [2.45, 2.75) is 65.3 Å². The van der Waals surface area contributed by atoms with Crippen LogP contribution in [0.4, 0.5) is 0 Å². The van der Waals surface area contributed by atoms with Gasteiger partial charge >= 0.3 is 0 Å². The highest BCUT2D eigenvalue weighted by Gasteiger charge is 2.37. The van der Waals surface area contributed by atoms with Gasteiger partial charge in [0.1, 0.15) is 0 Å². The van der Waals surface area contributed by atoms with Gasteiger partial charge in [0, 0.05) is 18.6 Å². The topological polar surface area (TPSA) is 29.3 Å². The fourth-order valence-electron chi connectivity index (χ4n) is 3.11. The third-order valence-corrected chi connectivity index (χ3v) is 4.87. The number of hydrogen-bond acceptors (Lipinski definition) is 2. The van der Waals surface area contributed by atoms with Gasteiger partial charge in [-0.25, -0.2) is 0 Å². The maximum absolute atomic E-state index is 6.14. The standard InChI is InChI=1S/C15H32N2/c1-5-13(3)11-17(6-2)15(12-16)9-7-14(4)8-10-15/h13-14H,5-12,16H2,1-4H3. The fourth-order valence-corrected chi connectivity index (χ4v) is 3.11. The summed E-state index contributed by atoms with van der Waals surface area (Å²) >= 11 is 0. The second-order valence-electron chi connectivity index (χ2n) is 6.16. The molecule has 1 rings (SSSR count). The van der Waals surface area contributed by atoms with E-state index in [1.54, 1.807) is 0 Å². The second kappa shape index (κ2) is 6.75. The summed E-state index contributed by atoms with van der Waals surface area (Å²) in [5.41, 5.74) is 6.45. The van der Waals surface area contributed by atoms with Crippen molar-refractivity contribution in [2.75, 3.05) is 19.6 Å². The van der Waals surface area contributed by atoms with Crippen LogP contribution in [0.25, 0.3) is 0 Å². The molecule has 0 spiro atoms. The van der Waals surface area contributed by atoms with Crippen LogP contribution in [0.2, 0.25) is 0 Å². The Labute approximate surface area is 108 Å². The Morgan fingerprint density at radius 2 is 1.88 bits per heavy atom. The van der Waals surface area contributed by atoms with E-state index in [9.17, 15) is 0 Å². The highest BCUT2D eigenvalue weighted by molar-refractivity contribution is 4.95. The Kier molecular flexibility index (Phi) is 5.94. The largest absolute Gasteiger partial charge is 0.329 e. The summed E-state index contributed by atoms with van der Waals surface area (Å²) < 4.78 is 0. The molecule has 0 aliphatic heterocycles. The predicted octanol–water partition coefficient (Wildman–Crippen LogP) is 3.26. The lowest BCUT2D eigenvalue weighted by Crippen LogP contribution is -2.56. The van der Waals surface area contributed by atoms with Crippen LogP contribution in [0.15, 0.2) is 0 Å². The van der Waals surface area contributed by atoms with Gasteiger partial charge in [0.2, 0.25) is 0 Å². The summed E-state index contributed by atoms with van der Waals surface area (Å²) in [7, 11) is 0. The van der Waals surface area contributed by atoms with Gasteiger partial charge in [-0.3, -0.25) is 4.90 Å². The van der Waals surface area contributed by atoms with Crippen molar-refractivity contribution in [2.24, 2.45) is 17.6 Å². The van der Waals surface area contributed by atoms with Crippen LogP contribution in [0.1, 0.15) is 59.8 Å². The zero-order valence-corrected chi connectivity index (χ0v) is 12.3. The van der Waals surface area contributed by atoms with Crippen molar-refractivity contribution >= 4 is 0 Å². The minimum atomic E-state index is 0.310. The number of nitrogens with zero attached hydrogens (tertiary/aromatic N) is 1. The molecule has 0 aromatic heterocycles. The molecular weight excluding hydrogens is 208 g/mol. The minimum Gasteiger partial charge on any atom is -0.329 e. The Hall–Kier alpha value is -0.0800. The zero-order chi connectivity index (χ0) is 12.9. The molecule has 1 atom stereocenters. The molecule has 1 fully saturated rings. The molecule has 1 aliphatic carbocycles. The van der Waals surface area contributed by atoms with Crippen LogP contribution in [0.3, 0.4) is 0 Å². The third kappa shape index (κ3) is 3.69. The van der Waals surface area contributed by atoms with Gasteiger partial charge in [0.25, 0.3) is 0 Å². The first-order chi connectivity index (χ1) is 8.07. The molecule has 0 radical (unpaired) electrons. The molecule has 0 aromatic carbocycles. The molecule has 17 heavy (non-hydrogen) atoms. The van der Waals surface area contributed by atoms with E-state index in [-0.39, 0.29) is 0 Å². The average Bonchev–Trinajstić information content (AvgIpc) is 2.37. The Morgan fingerprint density at radius 1 is 1.29 bits per heavy atom. The molecule has 2 N–H and O–H groups in total. The zero-order valence-electron chi connectivity index (χ0n) is 12.3. The molecule has 0 saturated heterocycles. The van der Waals surface area contributed by atoms with Crippen LogP contribution in [0.5, 0.6) is 0 Å². The van der Waals surface area contributed by atoms with Crippen LogP contribution in [-0.4, -0.2) is 30.1 Å². The summed E-state index contributed by atoms with van der Waals surface area (Å²) in [6, 6.07) is 0. The first kappa shape index (κ1) is 15.0. The smallest absolute Gasteiger partial charge is 0.0331 e. The molecule has 0 bridgehead atoms. The van der Waals surface area contributed by atoms with Crippen LogP contribution < -0.4 is 5.73 Å². The number of likely N-dealkylation sites (N-methyl/N-ethyl adjacent to an activating group) is 1. The summed E-state index contributed by atoms with van der Waals surface area (Å²) in [6.07, 6.45) is 6.58. The maximum atomic E-state index is 6.14. The van der Waals surface area contributed by atoms with E-state index in [4.69, 9.17) is 5.73 Å². The highest BCUT2D eigenvalue weighted by Crippen LogP contribution is 2.36. The number of nitrogens with two attached hydrogens (primary N) is 1. The van der Waals surface area contributed by atoms with E-state index in [1.165, 1.54) is 38.6 Å². The maximum Gasteiger partial charge on any atom is 0.0331 e. The van der Waals surface area contributed by atoms with Crippen LogP contribution in [0, 0.1) is 11.8 Å². The lowest BCUT2D eigenvalue weighted by Gasteiger charge is -2.48. The molecule has 1 unspecified atom stereocenters. The summed E-state index contributed by atoms with van der Waals surface area (Å²) in [6.45, 7) is 12.5. The third-order valence-electron chi connectivity index (χ3n) is 4.87. The highest BCUT2D eigenvalue weighted by atomic mass is 15.2. The molecule has 102 valence electrons.